The lowest BCUT2D eigenvalue weighted by Crippen LogP contribution is -2.52. The van der Waals surface area contributed by atoms with Crippen molar-refractivity contribution in [2.75, 3.05) is 33.2 Å². The summed E-state index contributed by atoms with van der Waals surface area (Å²) >= 11 is 0. The van der Waals surface area contributed by atoms with Gasteiger partial charge in [-0.2, -0.15) is 13.2 Å². The average Bonchev–Trinajstić information content (AvgIpc) is 2.63. The minimum absolute atomic E-state index is 0.0668. The molecule has 2 aromatic carbocycles. The first kappa shape index (κ1) is 19.8. The van der Waals surface area contributed by atoms with E-state index >= 15 is 0 Å². The second-order valence-corrected chi connectivity index (χ2v) is 8.15. The summed E-state index contributed by atoms with van der Waals surface area (Å²) in [5, 5.41) is 1.65. The fraction of sp³-hybridized carbons (Fsp3) is 0.333. The molecule has 0 aromatic heterocycles. The Balaban J connectivity index is 1.77. The van der Waals surface area contributed by atoms with E-state index in [0.717, 1.165) is 25.2 Å². The first-order chi connectivity index (χ1) is 12.6. The van der Waals surface area contributed by atoms with Crippen LogP contribution in [0.4, 0.5) is 13.2 Å². The minimum Gasteiger partial charge on any atom is -0.304 e. The summed E-state index contributed by atoms with van der Waals surface area (Å²) in [6.07, 6.45) is -4.42. The van der Waals surface area contributed by atoms with Crippen LogP contribution in [0.1, 0.15) is 5.56 Å². The summed E-state index contributed by atoms with van der Waals surface area (Å²) in [5.41, 5.74) is 0.147. The third-order valence-electron chi connectivity index (χ3n) is 4.44. The maximum absolute atomic E-state index is 12.9. The van der Waals surface area contributed by atoms with Crippen molar-refractivity contribution in [1.29, 1.82) is 0 Å². The van der Waals surface area contributed by atoms with Crippen molar-refractivity contribution in [2.24, 2.45) is 0 Å². The Morgan fingerprint density at radius 2 is 1.56 bits per heavy atom. The summed E-state index contributed by atoms with van der Waals surface area (Å²) in [7, 11) is -1.76. The van der Waals surface area contributed by atoms with Gasteiger partial charge in [0.1, 0.15) is 0 Å². The molecule has 1 aliphatic rings. The number of sulfonamides is 1. The molecule has 0 aliphatic carbocycles. The van der Waals surface area contributed by atoms with Gasteiger partial charge in [0.15, 0.2) is 0 Å². The van der Waals surface area contributed by atoms with Crippen LogP contribution in [0.25, 0.3) is 11.1 Å². The van der Waals surface area contributed by atoms with Crippen LogP contribution >= 0.6 is 0 Å². The molecule has 0 spiro atoms. The number of alkyl halides is 3. The molecule has 0 saturated carbocycles. The number of hydrazine groups is 1. The van der Waals surface area contributed by atoms with Gasteiger partial charge in [-0.1, -0.05) is 24.3 Å². The Morgan fingerprint density at radius 1 is 0.926 bits per heavy atom. The molecule has 0 amide bonds. The van der Waals surface area contributed by atoms with Crippen LogP contribution in [0.15, 0.2) is 53.4 Å². The predicted molar refractivity (Wildman–Crippen MR) is 96.3 cm³/mol. The molecule has 27 heavy (non-hydrogen) atoms. The fourth-order valence-corrected chi connectivity index (χ4v) is 3.94. The fourth-order valence-electron chi connectivity index (χ4n) is 2.82. The summed E-state index contributed by atoms with van der Waals surface area (Å²) < 4.78 is 63.6. The largest absolute Gasteiger partial charge is 0.416 e. The molecule has 1 saturated heterocycles. The van der Waals surface area contributed by atoms with E-state index in [1.807, 2.05) is 7.05 Å². The number of benzene rings is 2. The van der Waals surface area contributed by atoms with Gasteiger partial charge in [-0.05, 0) is 42.4 Å². The standard InChI is InChI=1S/C18H20F3N3O2S/c1-23-9-11-24(12-10-23)22-27(25,26)17-7-5-14(6-8-17)15-3-2-4-16(13-15)18(19,20)21/h2-8,13,22H,9-12H2,1H3. The summed E-state index contributed by atoms with van der Waals surface area (Å²) in [5.74, 6) is 0. The highest BCUT2D eigenvalue weighted by atomic mass is 32.2. The van der Waals surface area contributed by atoms with Crippen LogP contribution in [-0.4, -0.2) is 51.6 Å². The number of hydrogen-bond donors (Lipinski definition) is 1. The molecule has 1 heterocycles. The third-order valence-corrected chi connectivity index (χ3v) is 5.83. The van der Waals surface area contributed by atoms with Crippen molar-refractivity contribution in [3.63, 3.8) is 0 Å². The number of nitrogens with zero attached hydrogens (tertiary/aromatic N) is 2. The van der Waals surface area contributed by atoms with Gasteiger partial charge < -0.3 is 4.90 Å². The van der Waals surface area contributed by atoms with E-state index in [2.05, 4.69) is 9.73 Å². The van der Waals surface area contributed by atoms with Crippen LogP contribution in [0.5, 0.6) is 0 Å². The Bertz CT molecular complexity index is 891. The van der Waals surface area contributed by atoms with E-state index in [4.69, 9.17) is 0 Å². The number of likely N-dealkylation sites (N-methyl/N-ethyl adjacent to an activating group) is 1. The van der Waals surface area contributed by atoms with Gasteiger partial charge in [0, 0.05) is 26.2 Å². The second-order valence-electron chi connectivity index (χ2n) is 6.49. The monoisotopic (exact) mass is 399 g/mol. The lowest BCUT2D eigenvalue weighted by Gasteiger charge is -2.32. The first-order valence-corrected chi connectivity index (χ1v) is 9.87. The Labute approximate surface area is 156 Å². The molecular weight excluding hydrogens is 379 g/mol. The van der Waals surface area contributed by atoms with Crippen molar-refractivity contribution < 1.29 is 21.6 Å². The molecule has 1 N–H and O–H groups in total. The highest BCUT2D eigenvalue weighted by Crippen LogP contribution is 2.32. The number of nitrogens with one attached hydrogen (secondary N) is 1. The van der Waals surface area contributed by atoms with E-state index in [1.54, 1.807) is 11.1 Å². The van der Waals surface area contributed by atoms with Gasteiger partial charge in [-0.25, -0.2) is 13.4 Å². The molecule has 2 aromatic rings. The lowest BCUT2D eigenvalue weighted by molar-refractivity contribution is -0.137. The highest BCUT2D eigenvalue weighted by Gasteiger charge is 2.30. The molecular formula is C18H20F3N3O2S. The Hall–Kier alpha value is -1.94. The van der Waals surface area contributed by atoms with E-state index in [0.29, 0.717) is 24.2 Å². The quantitative estimate of drug-likeness (QED) is 0.859. The van der Waals surface area contributed by atoms with Gasteiger partial charge in [-0.15, -0.1) is 4.83 Å². The van der Waals surface area contributed by atoms with Crippen LogP contribution < -0.4 is 4.83 Å². The SMILES string of the molecule is CN1CCN(NS(=O)(=O)c2ccc(-c3cccc(C(F)(F)F)c3)cc2)CC1. The molecule has 0 atom stereocenters. The van der Waals surface area contributed by atoms with E-state index in [-0.39, 0.29) is 4.90 Å². The molecule has 0 radical (unpaired) electrons. The smallest absolute Gasteiger partial charge is 0.304 e. The van der Waals surface area contributed by atoms with E-state index in [1.165, 1.54) is 30.3 Å². The van der Waals surface area contributed by atoms with Gasteiger partial charge in [-0.3, -0.25) is 0 Å². The molecule has 3 rings (SSSR count). The van der Waals surface area contributed by atoms with Crippen LogP contribution in [0.3, 0.4) is 0 Å². The topological polar surface area (TPSA) is 52.6 Å². The normalized spacial score (nSPS) is 17.2. The zero-order valence-electron chi connectivity index (χ0n) is 14.7. The Kier molecular flexibility index (Phi) is 5.57. The van der Waals surface area contributed by atoms with Crippen LogP contribution in [-0.2, 0) is 16.2 Å². The minimum atomic E-state index is -4.42. The molecule has 146 valence electrons. The van der Waals surface area contributed by atoms with E-state index < -0.39 is 21.8 Å². The molecule has 1 aliphatic heterocycles. The first-order valence-electron chi connectivity index (χ1n) is 8.39. The maximum Gasteiger partial charge on any atom is 0.416 e. The average molecular weight is 399 g/mol. The zero-order valence-corrected chi connectivity index (χ0v) is 15.5. The lowest BCUT2D eigenvalue weighted by atomic mass is 10.0. The number of piperazine rings is 1. The number of halogens is 3. The highest BCUT2D eigenvalue weighted by molar-refractivity contribution is 7.89. The summed E-state index contributed by atoms with van der Waals surface area (Å²) in [6.45, 7) is 2.68. The van der Waals surface area contributed by atoms with Crippen molar-refractivity contribution in [3.8, 4) is 11.1 Å². The van der Waals surface area contributed by atoms with Crippen LogP contribution in [0.2, 0.25) is 0 Å². The summed E-state index contributed by atoms with van der Waals surface area (Å²) in [4.78, 5) is 4.72. The molecule has 1 fully saturated rings. The Morgan fingerprint density at radius 3 is 2.15 bits per heavy atom. The van der Waals surface area contributed by atoms with Crippen molar-refractivity contribution in [3.05, 3.63) is 54.1 Å². The van der Waals surface area contributed by atoms with Crippen molar-refractivity contribution >= 4 is 10.0 Å². The maximum atomic E-state index is 12.9. The van der Waals surface area contributed by atoms with E-state index in [9.17, 15) is 21.6 Å². The van der Waals surface area contributed by atoms with Crippen molar-refractivity contribution in [1.82, 2.24) is 14.7 Å². The predicted octanol–water partition coefficient (Wildman–Crippen LogP) is 2.81. The third kappa shape index (κ3) is 4.86. The van der Waals surface area contributed by atoms with Crippen LogP contribution in [0, 0.1) is 0 Å². The summed E-state index contributed by atoms with van der Waals surface area (Å²) in [6, 6.07) is 10.7. The molecule has 0 unspecified atom stereocenters. The van der Waals surface area contributed by atoms with Crippen molar-refractivity contribution in [2.45, 2.75) is 11.1 Å². The van der Waals surface area contributed by atoms with Gasteiger partial charge in [0.25, 0.3) is 10.0 Å². The molecule has 0 bridgehead atoms. The number of rotatable bonds is 4. The van der Waals surface area contributed by atoms with Gasteiger partial charge in [0.05, 0.1) is 10.5 Å². The molecule has 5 nitrogen and oxygen atoms in total. The zero-order chi connectivity index (χ0) is 19.7. The second kappa shape index (κ2) is 7.59. The van der Waals surface area contributed by atoms with Gasteiger partial charge >= 0.3 is 6.18 Å². The molecule has 9 heteroatoms. The van der Waals surface area contributed by atoms with Gasteiger partial charge in [0.2, 0.25) is 0 Å². The number of hydrogen-bond acceptors (Lipinski definition) is 4.